The first-order chi connectivity index (χ1) is 9.54. The largest absolute Gasteiger partial charge is 0.476 e. The summed E-state index contributed by atoms with van der Waals surface area (Å²) in [5, 5.41) is 14.2. The Morgan fingerprint density at radius 2 is 2.15 bits per heavy atom. The molecule has 0 spiro atoms. The fourth-order valence-electron chi connectivity index (χ4n) is 2.01. The minimum Gasteiger partial charge on any atom is -0.476 e. The van der Waals surface area contributed by atoms with Gasteiger partial charge < -0.3 is 14.2 Å². The predicted octanol–water partition coefficient (Wildman–Crippen LogP) is 3.68. The molecule has 102 valence electrons. The van der Waals surface area contributed by atoms with Crippen LogP contribution in [0.1, 0.15) is 16.2 Å². The van der Waals surface area contributed by atoms with E-state index in [-0.39, 0.29) is 5.69 Å². The molecule has 0 saturated heterocycles. The van der Waals surface area contributed by atoms with Gasteiger partial charge in [0.1, 0.15) is 0 Å². The summed E-state index contributed by atoms with van der Waals surface area (Å²) >= 11 is 12.1. The number of hydrogen-bond acceptors (Lipinski definition) is 3. The van der Waals surface area contributed by atoms with E-state index in [1.54, 1.807) is 12.1 Å². The Morgan fingerprint density at radius 3 is 2.85 bits per heavy atom. The molecule has 7 heteroatoms. The molecule has 1 N–H and O–H groups in total. The van der Waals surface area contributed by atoms with Gasteiger partial charge in [0.05, 0.1) is 17.1 Å². The second-order valence-corrected chi connectivity index (χ2v) is 5.09. The van der Waals surface area contributed by atoms with Crippen molar-refractivity contribution < 1.29 is 14.4 Å². The fraction of sp³-hybridized carbons (Fsp3) is 0.0769. The van der Waals surface area contributed by atoms with Crippen LogP contribution in [0.2, 0.25) is 10.0 Å². The molecule has 3 aromatic rings. The summed E-state index contributed by atoms with van der Waals surface area (Å²) in [7, 11) is 0. The fourth-order valence-corrected chi connectivity index (χ4v) is 2.56. The molecule has 0 bridgehead atoms. The lowest BCUT2D eigenvalue weighted by Crippen LogP contribution is -1.97. The van der Waals surface area contributed by atoms with Crippen molar-refractivity contribution in [2.45, 2.75) is 6.54 Å². The first-order valence-electron chi connectivity index (χ1n) is 5.67. The van der Waals surface area contributed by atoms with E-state index in [1.165, 1.54) is 6.07 Å². The molecule has 0 atom stereocenters. The van der Waals surface area contributed by atoms with Crippen LogP contribution in [0.25, 0.3) is 10.9 Å². The van der Waals surface area contributed by atoms with Crippen LogP contribution in [0.5, 0.6) is 0 Å². The number of carboxylic acids is 1. The van der Waals surface area contributed by atoms with E-state index in [1.807, 2.05) is 16.8 Å². The molecule has 5 nitrogen and oxygen atoms in total. The maximum absolute atomic E-state index is 10.8. The third kappa shape index (κ3) is 2.26. The van der Waals surface area contributed by atoms with Crippen molar-refractivity contribution in [3.8, 4) is 0 Å². The molecule has 0 aliphatic rings. The van der Waals surface area contributed by atoms with Crippen LogP contribution >= 0.6 is 23.2 Å². The predicted molar refractivity (Wildman–Crippen MR) is 74.5 cm³/mol. The van der Waals surface area contributed by atoms with Crippen LogP contribution in [0.4, 0.5) is 0 Å². The third-order valence-corrected chi connectivity index (χ3v) is 3.44. The van der Waals surface area contributed by atoms with Gasteiger partial charge in [0.2, 0.25) is 0 Å². The van der Waals surface area contributed by atoms with Crippen molar-refractivity contribution in [3.05, 3.63) is 52.0 Å². The number of rotatable bonds is 3. The highest BCUT2D eigenvalue weighted by Gasteiger charge is 2.12. The van der Waals surface area contributed by atoms with E-state index in [4.69, 9.17) is 32.8 Å². The summed E-state index contributed by atoms with van der Waals surface area (Å²) in [5.41, 5.74) is 0.725. The van der Waals surface area contributed by atoms with Gasteiger partial charge in [-0.25, -0.2) is 4.79 Å². The van der Waals surface area contributed by atoms with Crippen LogP contribution in [0.3, 0.4) is 0 Å². The van der Waals surface area contributed by atoms with Crippen LogP contribution in [-0.2, 0) is 6.54 Å². The Balaban J connectivity index is 2.00. The van der Waals surface area contributed by atoms with Gasteiger partial charge in [-0.2, -0.15) is 0 Å². The second kappa shape index (κ2) is 4.85. The number of halogens is 2. The average molecular weight is 311 g/mol. The summed E-state index contributed by atoms with van der Waals surface area (Å²) in [6.45, 7) is 0.348. The summed E-state index contributed by atoms with van der Waals surface area (Å²) < 4.78 is 6.85. The molecule has 0 amide bonds. The zero-order chi connectivity index (χ0) is 14.3. The lowest BCUT2D eigenvalue weighted by atomic mass is 10.2. The monoisotopic (exact) mass is 310 g/mol. The number of benzene rings is 1. The van der Waals surface area contributed by atoms with E-state index < -0.39 is 5.97 Å². The highest BCUT2D eigenvalue weighted by Crippen LogP contribution is 2.29. The van der Waals surface area contributed by atoms with Gasteiger partial charge in [-0.15, -0.1) is 0 Å². The van der Waals surface area contributed by atoms with Gasteiger partial charge in [0, 0.05) is 22.7 Å². The van der Waals surface area contributed by atoms with Crippen LogP contribution in [0.15, 0.2) is 35.0 Å². The van der Waals surface area contributed by atoms with Crippen molar-refractivity contribution >= 4 is 40.1 Å². The maximum atomic E-state index is 10.8. The van der Waals surface area contributed by atoms with Gasteiger partial charge >= 0.3 is 5.97 Å². The molecular weight excluding hydrogens is 303 g/mol. The second-order valence-electron chi connectivity index (χ2n) is 4.25. The molecular formula is C13H8Cl2N2O3. The SMILES string of the molecule is O=C(O)c1cc(Cn2ccc3c(Cl)cc(Cl)cc32)on1. The summed E-state index contributed by atoms with van der Waals surface area (Å²) in [4.78, 5) is 10.8. The minimum absolute atomic E-state index is 0.118. The number of aromatic carboxylic acids is 1. The lowest BCUT2D eigenvalue weighted by Gasteiger charge is -2.03. The molecule has 2 heterocycles. The van der Waals surface area contributed by atoms with E-state index >= 15 is 0 Å². The van der Waals surface area contributed by atoms with Crippen molar-refractivity contribution in [2.24, 2.45) is 0 Å². The van der Waals surface area contributed by atoms with Crippen LogP contribution in [0, 0.1) is 0 Å². The lowest BCUT2D eigenvalue weighted by molar-refractivity contribution is 0.0685. The van der Waals surface area contributed by atoms with Crippen molar-refractivity contribution in [1.29, 1.82) is 0 Å². The minimum atomic E-state index is -1.12. The standard InChI is InChI=1S/C13H8Cl2N2O3/c14-7-3-10(15)9-1-2-17(12(9)4-7)6-8-5-11(13(18)19)16-20-8/h1-5H,6H2,(H,18,19). The van der Waals surface area contributed by atoms with Gasteiger partial charge in [-0.1, -0.05) is 28.4 Å². The summed E-state index contributed by atoms with van der Waals surface area (Å²) in [6.07, 6.45) is 1.83. The van der Waals surface area contributed by atoms with E-state index in [2.05, 4.69) is 5.16 Å². The van der Waals surface area contributed by atoms with Crippen molar-refractivity contribution in [1.82, 2.24) is 9.72 Å². The zero-order valence-corrected chi connectivity index (χ0v) is 11.5. The number of hydrogen-bond donors (Lipinski definition) is 1. The molecule has 0 fully saturated rings. The number of aromatic nitrogens is 2. The molecule has 1 aromatic carbocycles. The topological polar surface area (TPSA) is 68.3 Å². The molecule has 0 aliphatic carbocycles. The van der Waals surface area contributed by atoms with Gasteiger partial charge in [-0.3, -0.25) is 0 Å². The number of fused-ring (bicyclic) bond motifs is 1. The Kier molecular flexibility index (Phi) is 3.16. The first-order valence-corrected chi connectivity index (χ1v) is 6.43. The summed E-state index contributed by atoms with van der Waals surface area (Å²) in [5.74, 6) is -0.681. The first kappa shape index (κ1) is 13.0. The van der Waals surface area contributed by atoms with Gasteiger partial charge in [0.25, 0.3) is 0 Å². The molecule has 20 heavy (non-hydrogen) atoms. The highest BCUT2D eigenvalue weighted by molar-refractivity contribution is 6.38. The van der Waals surface area contributed by atoms with Crippen molar-refractivity contribution in [2.75, 3.05) is 0 Å². The van der Waals surface area contributed by atoms with Gasteiger partial charge in [0.15, 0.2) is 11.5 Å². The van der Waals surface area contributed by atoms with E-state index in [0.717, 1.165) is 10.9 Å². The number of carbonyl (C=O) groups is 1. The summed E-state index contributed by atoms with van der Waals surface area (Å²) in [6, 6.07) is 6.72. The Morgan fingerprint density at radius 1 is 1.35 bits per heavy atom. The highest BCUT2D eigenvalue weighted by atomic mass is 35.5. The molecule has 3 rings (SSSR count). The number of carboxylic acid groups (broad SMARTS) is 1. The molecule has 0 unspecified atom stereocenters. The molecule has 0 saturated carbocycles. The Labute approximate surface area is 123 Å². The number of nitrogens with zero attached hydrogens (tertiary/aromatic N) is 2. The van der Waals surface area contributed by atoms with Gasteiger partial charge in [-0.05, 0) is 18.2 Å². The molecule has 2 aromatic heterocycles. The smallest absolute Gasteiger partial charge is 0.358 e. The van der Waals surface area contributed by atoms with Crippen LogP contribution in [-0.4, -0.2) is 20.8 Å². The maximum Gasteiger partial charge on any atom is 0.358 e. The zero-order valence-electron chi connectivity index (χ0n) is 10.0. The van der Waals surface area contributed by atoms with Crippen molar-refractivity contribution in [3.63, 3.8) is 0 Å². The van der Waals surface area contributed by atoms with Crippen LogP contribution < -0.4 is 0 Å². The van der Waals surface area contributed by atoms with E-state index in [9.17, 15) is 4.79 Å². The Hall–Kier alpha value is -1.98. The third-order valence-electron chi connectivity index (χ3n) is 2.91. The molecule has 0 radical (unpaired) electrons. The average Bonchev–Trinajstić information content (AvgIpc) is 2.98. The Bertz CT molecular complexity index is 807. The normalized spacial score (nSPS) is 11.1. The quantitative estimate of drug-likeness (QED) is 0.801. The molecule has 0 aliphatic heterocycles. The van der Waals surface area contributed by atoms with E-state index in [0.29, 0.717) is 22.4 Å².